The Kier molecular flexibility index (Phi) is 5.27. The van der Waals surface area contributed by atoms with Crippen LogP contribution in [0.2, 0.25) is 0 Å². The van der Waals surface area contributed by atoms with E-state index in [0.29, 0.717) is 19.6 Å². The SMILES string of the molecule is CC1(CN)CCN(C(=O)C2CCN(C(=O)Nc3ccccc3)CC2)C1. The molecule has 1 aromatic carbocycles. The van der Waals surface area contributed by atoms with Gasteiger partial charge in [0.25, 0.3) is 0 Å². The molecule has 3 N–H and O–H groups in total. The Morgan fingerprint density at radius 3 is 2.44 bits per heavy atom. The van der Waals surface area contributed by atoms with Crippen LogP contribution in [0.3, 0.4) is 0 Å². The summed E-state index contributed by atoms with van der Waals surface area (Å²) >= 11 is 0. The van der Waals surface area contributed by atoms with Gasteiger partial charge in [-0.05, 0) is 43.4 Å². The standard InChI is InChI=1S/C19H28N4O2/c1-19(13-20)9-12-23(14-19)17(24)15-7-10-22(11-8-15)18(25)21-16-5-3-2-4-6-16/h2-6,15H,7-14,20H2,1H3,(H,21,25). The highest BCUT2D eigenvalue weighted by molar-refractivity contribution is 5.89. The van der Waals surface area contributed by atoms with E-state index in [2.05, 4.69) is 12.2 Å². The molecule has 1 atom stereocenters. The van der Waals surface area contributed by atoms with Crippen molar-refractivity contribution in [2.24, 2.45) is 17.1 Å². The number of nitrogens with zero attached hydrogens (tertiary/aromatic N) is 2. The van der Waals surface area contributed by atoms with E-state index in [0.717, 1.165) is 38.0 Å². The Morgan fingerprint density at radius 1 is 1.16 bits per heavy atom. The fraction of sp³-hybridized carbons (Fsp3) is 0.579. The fourth-order valence-corrected chi connectivity index (χ4v) is 3.69. The maximum absolute atomic E-state index is 12.7. The van der Waals surface area contributed by atoms with Gasteiger partial charge in [0, 0.05) is 37.8 Å². The van der Waals surface area contributed by atoms with Crippen molar-refractivity contribution in [3.05, 3.63) is 30.3 Å². The number of carbonyl (C=O) groups excluding carboxylic acids is 2. The third kappa shape index (κ3) is 4.12. The van der Waals surface area contributed by atoms with Gasteiger partial charge in [0.05, 0.1) is 0 Å². The van der Waals surface area contributed by atoms with Crippen LogP contribution in [0.5, 0.6) is 0 Å². The van der Waals surface area contributed by atoms with Gasteiger partial charge >= 0.3 is 6.03 Å². The van der Waals surface area contributed by atoms with Crippen LogP contribution < -0.4 is 11.1 Å². The number of amides is 3. The molecule has 1 aromatic rings. The Bertz CT molecular complexity index is 613. The van der Waals surface area contributed by atoms with Crippen LogP contribution in [0, 0.1) is 11.3 Å². The molecule has 2 aliphatic heterocycles. The van der Waals surface area contributed by atoms with Crippen LogP contribution in [0.15, 0.2) is 30.3 Å². The van der Waals surface area contributed by atoms with Crippen LogP contribution >= 0.6 is 0 Å². The van der Waals surface area contributed by atoms with Gasteiger partial charge in [0.15, 0.2) is 0 Å². The largest absolute Gasteiger partial charge is 0.342 e. The van der Waals surface area contributed by atoms with Crippen molar-refractivity contribution in [3.63, 3.8) is 0 Å². The molecule has 2 aliphatic rings. The molecule has 0 saturated carbocycles. The van der Waals surface area contributed by atoms with E-state index in [4.69, 9.17) is 5.73 Å². The number of piperidine rings is 1. The predicted octanol–water partition coefficient (Wildman–Crippen LogP) is 2.13. The van der Waals surface area contributed by atoms with E-state index >= 15 is 0 Å². The maximum atomic E-state index is 12.7. The third-order valence-electron chi connectivity index (χ3n) is 5.52. The highest BCUT2D eigenvalue weighted by atomic mass is 16.2. The average Bonchev–Trinajstić information content (AvgIpc) is 3.05. The molecule has 0 aromatic heterocycles. The number of nitrogens with one attached hydrogen (secondary N) is 1. The van der Waals surface area contributed by atoms with Crippen molar-refractivity contribution in [3.8, 4) is 0 Å². The molecular formula is C19H28N4O2. The molecule has 2 fully saturated rings. The fourth-order valence-electron chi connectivity index (χ4n) is 3.69. The molecule has 6 heteroatoms. The summed E-state index contributed by atoms with van der Waals surface area (Å²) in [4.78, 5) is 28.8. The quantitative estimate of drug-likeness (QED) is 0.882. The molecule has 3 amide bonds. The minimum Gasteiger partial charge on any atom is -0.342 e. The molecule has 1 unspecified atom stereocenters. The van der Waals surface area contributed by atoms with Crippen LogP contribution in [0.25, 0.3) is 0 Å². The highest BCUT2D eigenvalue weighted by Crippen LogP contribution is 2.31. The first-order valence-corrected chi connectivity index (χ1v) is 9.11. The molecule has 0 spiro atoms. The summed E-state index contributed by atoms with van der Waals surface area (Å²) in [6.07, 6.45) is 2.45. The second kappa shape index (κ2) is 7.44. The topological polar surface area (TPSA) is 78.7 Å². The van der Waals surface area contributed by atoms with Crippen molar-refractivity contribution < 1.29 is 9.59 Å². The number of hydrogen-bond acceptors (Lipinski definition) is 3. The zero-order chi connectivity index (χ0) is 17.9. The number of para-hydroxylation sites is 1. The summed E-state index contributed by atoms with van der Waals surface area (Å²) in [5.41, 5.74) is 6.69. The summed E-state index contributed by atoms with van der Waals surface area (Å²) in [7, 11) is 0. The molecule has 0 bridgehead atoms. The lowest BCUT2D eigenvalue weighted by atomic mass is 9.90. The summed E-state index contributed by atoms with van der Waals surface area (Å²) in [6, 6.07) is 9.36. The van der Waals surface area contributed by atoms with Crippen molar-refractivity contribution in [2.45, 2.75) is 26.2 Å². The first-order valence-electron chi connectivity index (χ1n) is 9.11. The second-order valence-electron chi connectivity index (χ2n) is 7.58. The number of nitrogens with two attached hydrogens (primary N) is 1. The van der Waals surface area contributed by atoms with Gasteiger partial charge in [0.1, 0.15) is 0 Å². The van der Waals surface area contributed by atoms with Gasteiger partial charge in [-0.15, -0.1) is 0 Å². The monoisotopic (exact) mass is 344 g/mol. The second-order valence-corrected chi connectivity index (χ2v) is 7.58. The van der Waals surface area contributed by atoms with Gasteiger partial charge in [0.2, 0.25) is 5.91 Å². The lowest BCUT2D eigenvalue weighted by Crippen LogP contribution is -2.45. The molecule has 6 nitrogen and oxygen atoms in total. The highest BCUT2D eigenvalue weighted by Gasteiger charge is 2.38. The van der Waals surface area contributed by atoms with Crippen molar-refractivity contribution >= 4 is 17.6 Å². The molecule has 0 aliphatic carbocycles. The van der Waals surface area contributed by atoms with Crippen molar-refractivity contribution in [2.75, 3.05) is 38.0 Å². The van der Waals surface area contributed by atoms with Crippen molar-refractivity contribution in [1.82, 2.24) is 9.80 Å². The van der Waals surface area contributed by atoms with Crippen LogP contribution in [0.4, 0.5) is 10.5 Å². The summed E-state index contributed by atoms with van der Waals surface area (Å²) < 4.78 is 0. The van der Waals surface area contributed by atoms with E-state index in [9.17, 15) is 9.59 Å². The van der Waals surface area contributed by atoms with E-state index in [1.807, 2.05) is 35.2 Å². The Hall–Kier alpha value is -2.08. The Morgan fingerprint density at radius 2 is 1.84 bits per heavy atom. The summed E-state index contributed by atoms with van der Waals surface area (Å²) in [5, 5.41) is 2.91. The van der Waals surface area contributed by atoms with Gasteiger partial charge in [-0.25, -0.2) is 4.79 Å². The predicted molar refractivity (Wildman–Crippen MR) is 98.1 cm³/mol. The van der Waals surface area contributed by atoms with E-state index < -0.39 is 0 Å². The Labute approximate surface area is 149 Å². The van der Waals surface area contributed by atoms with Crippen LogP contribution in [-0.4, -0.2) is 54.5 Å². The number of hydrogen-bond donors (Lipinski definition) is 2. The zero-order valence-corrected chi connectivity index (χ0v) is 14.9. The third-order valence-corrected chi connectivity index (χ3v) is 5.52. The molecular weight excluding hydrogens is 316 g/mol. The first kappa shape index (κ1) is 17.7. The van der Waals surface area contributed by atoms with E-state index in [1.54, 1.807) is 4.90 Å². The molecule has 2 heterocycles. The molecule has 136 valence electrons. The Balaban J connectivity index is 1.48. The number of rotatable bonds is 3. The van der Waals surface area contributed by atoms with Gasteiger partial charge in [-0.2, -0.15) is 0 Å². The van der Waals surface area contributed by atoms with Crippen molar-refractivity contribution in [1.29, 1.82) is 0 Å². The zero-order valence-electron chi connectivity index (χ0n) is 14.9. The molecule has 25 heavy (non-hydrogen) atoms. The van der Waals surface area contributed by atoms with Gasteiger partial charge < -0.3 is 20.9 Å². The summed E-state index contributed by atoms with van der Waals surface area (Å²) in [6.45, 7) is 5.58. The van der Waals surface area contributed by atoms with Gasteiger partial charge in [-0.1, -0.05) is 25.1 Å². The minimum atomic E-state index is -0.0889. The molecule has 0 radical (unpaired) electrons. The van der Waals surface area contributed by atoms with E-state index in [-0.39, 0.29) is 23.3 Å². The average molecular weight is 344 g/mol. The number of benzene rings is 1. The maximum Gasteiger partial charge on any atom is 0.321 e. The molecule has 2 saturated heterocycles. The van der Waals surface area contributed by atoms with Crippen LogP contribution in [-0.2, 0) is 4.79 Å². The first-order chi connectivity index (χ1) is 12.0. The minimum absolute atomic E-state index is 0.0286. The lowest BCUT2D eigenvalue weighted by molar-refractivity contribution is -0.136. The molecule has 3 rings (SSSR count). The number of likely N-dealkylation sites (tertiary alicyclic amines) is 2. The number of anilines is 1. The smallest absolute Gasteiger partial charge is 0.321 e. The van der Waals surface area contributed by atoms with E-state index in [1.165, 1.54) is 0 Å². The number of urea groups is 1. The van der Waals surface area contributed by atoms with Crippen LogP contribution in [0.1, 0.15) is 26.2 Å². The number of carbonyl (C=O) groups is 2. The normalized spacial score (nSPS) is 24.4. The summed E-state index contributed by atoms with van der Waals surface area (Å²) in [5.74, 6) is 0.265. The van der Waals surface area contributed by atoms with Gasteiger partial charge in [-0.3, -0.25) is 4.79 Å². The lowest BCUT2D eigenvalue weighted by Gasteiger charge is -2.33.